The second-order valence-electron chi connectivity index (χ2n) is 7.90. The van der Waals surface area contributed by atoms with Crippen molar-refractivity contribution in [1.82, 2.24) is 20.0 Å². The Balaban J connectivity index is 1.37. The fraction of sp³-hybridized carbons (Fsp3) is 0.292. The number of nitrogens with zero attached hydrogens (tertiary/aromatic N) is 3. The number of rotatable bonds is 4. The highest BCUT2D eigenvalue weighted by molar-refractivity contribution is 6.08. The van der Waals surface area contributed by atoms with Crippen LogP contribution in [0.5, 0.6) is 5.75 Å². The summed E-state index contributed by atoms with van der Waals surface area (Å²) < 4.78 is 16.5. The maximum Gasteiger partial charge on any atom is 0.257 e. The van der Waals surface area contributed by atoms with E-state index in [4.69, 9.17) is 14.0 Å². The summed E-state index contributed by atoms with van der Waals surface area (Å²) >= 11 is 0. The molecule has 0 spiro atoms. The molecule has 1 saturated heterocycles. The van der Waals surface area contributed by atoms with Gasteiger partial charge in [0, 0.05) is 34.3 Å². The molecule has 1 aliphatic rings. The molecule has 1 atom stereocenters. The van der Waals surface area contributed by atoms with Crippen LogP contribution in [0.15, 0.2) is 47.0 Å². The van der Waals surface area contributed by atoms with Crippen molar-refractivity contribution in [2.45, 2.75) is 20.0 Å². The first-order chi connectivity index (χ1) is 15.5. The van der Waals surface area contributed by atoms with E-state index >= 15 is 0 Å². The second-order valence-corrected chi connectivity index (χ2v) is 7.90. The molecule has 2 aromatic carbocycles. The van der Waals surface area contributed by atoms with Crippen molar-refractivity contribution in [2.75, 3.05) is 26.8 Å². The first kappa shape index (κ1) is 20.3. The zero-order valence-corrected chi connectivity index (χ0v) is 18.2. The minimum atomic E-state index is -0.472. The maximum atomic E-state index is 13.4. The molecule has 0 bridgehead atoms. The normalized spacial score (nSPS) is 16.5. The predicted molar refractivity (Wildman–Crippen MR) is 119 cm³/mol. The minimum absolute atomic E-state index is 0.0270. The van der Waals surface area contributed by atoms with Crippen LogP contribution in [-0.4, -0.2) is 52.7 Å². The summed E-state index contributed by atoms with van der Waals surface area (Å²) in [5.74, 6) is 1.56. The average Bonchev–Trinajstić information content (AvgIpc) is 3.44. The van der Waals surface area contributed by atoms with Crippen molar-refractivity contribution in [3.05, 3.63) is 65.2 Å². The third kappa shape index (κ3) is 3.52. The number of benzene rings is 2. The summed E-state index contributed by atoms with van der Waals surface area (Å²) in [6, 6.07) is 13.2. The lowest BCUT2D eigenvalue weighted by Gasteiger charge is -2.31. The molecule has 32 heavy (non-hydrogen) atoms. The van der Waals surface area contributed by atoms with Crippen LogP contribution in [0, 0.1) is 13.8 Å². The Morgan fingerprint density at radius 1 is 1.19 bits per heavy atom. The molecule has 8 heteroatoms. The van der Waals surface area contributed by atoms with Gasteiger partial charge in [0.05, 0.1) is 20.3 Å². The van der Waals surface area contributed by atoms with Crippen LogP contribution in [0.1, 0.15) is 33.6 Å². The number of hydrogen-bond donors (Lipinski definition) is 1. The molecular formula is C24H24N4O4. The van der Waals surface area contributed by atoms with Crippen molar-refractivity contribution in [3.63, 3.8) is 0 Å². The van der Waals surface area contributed by atoms with Gasteiger partial charge in [0.2, 0.25) is 5.82 Å². The Morgan fingerprint density at radius 3 is 2.78 bits per heavy atom. The van der Waals surface area contributed by atoms with E-state index in [1.807, 2.05) is 56.3 Å². The Bertz CT molecular complexity index is 1280. The summed E-state index contributed by atoms with van der Waals surface area (Å²) in [7, 11) is 1.62. The van der Waals surface area contributed by atoms with Gasteiger partial charge >= 0.3 is 0 Å². The van der Waals surface area contributed by atoms with Gasteiger partial charge in [0.1, 0.15) is 5.75 Å². The molecule has 0 aliphatic carbocycles. The number of H-pyrrole nitrogens is 1. The van der Waals surface area contributed by atoms with Gasteiger partial charge in [-0.15, -0.1) is 0 Å². The Morgan fingerprint density at radius 2 is 2.00 bits per heavy atom. The highest BCUT2D eigenvalue weighted by Crippen LogP contribution is 2.29. The van der Waals surface area contributed by atoms with Gasteiger partial charge in [-0.2, -0.15) is 4.98 Å². The molecule has 0 radical (unpaired) electrons. The zero-order valence-electron chi connectivity index (χ0n) is 18.2. The second kappa shape index (κ2) is 8.12. The zero-order chi connectivity index (χ0) is 22.2. The number of aryl methyl sites for hydroxylation is 2. The number of aromatic amines is 1. The van der Waals surface area contributed by atoms with Crippen LogP contribution >= 0.6 is 0 Å². The van der Waals surface area contributed by atoms with E-state index in [1.54, 1.807) is 12.0 Å². The van der Waals surface area contributed by atoms with Gasteiger partial charge in [-0.3, -0.25) is 4.79 Å². The van der Waals surface area contributed by atoms with Crippen molar-refractivity contribution in [2.24, 2.45) is 0 Å². The van der Waals surface area contributed by atoms with Gasteiger partial charge in [-0.25, -0.2) is 0 Å². The van der Waals surface area contributed by atoms with Gasteiger partial charge < -0.3 is 23.9 Å². The van der Waals surface area contributed by atoms with Gasteiger partial charge in [-0.1, -0.05) is 11.2 Å². The van der Waals surface area contributed by atoms with Crippen molar-refractivity contribution < 1.29 is 18.8 Å². The Kier molecular flexibility index (Phi) is 5.14. The maximum absolute atomic E-state index is 13.4. The van der Waals surface area contributed by atoms with Crippen LogP contribution in [0.25, 0.3) is 22.3 Å². The number of carbonyl (C=O) groups excluding carboxylic acids is 1. The smallest absolute Gasteiger partial charge is 0.257 e. The topological polar surface area (TPSA) is 93.5 Å². The first-order valence-electron chi connectivity index (χ1n) is 10.5. The molecule has 2 aromatic heterocycles. The molecule has 8 nitrogen and oxygen atoms in total. The summed E-state index contributed by atoms with van der Waals surface area (Å²) in [6.07, 6.45) is -0.472. The van der Waals surface area contributed by atoms with Gasteiger partial charge in [-0.05, 0) is 55.8 Å². The fourth-order valence-corrected chi connectivity index (χ4v) is 4.10. The van der Waals surface area contributed by atoms with Crippen LogP contribution < -0.4 is 4.74 Å². The highest BCUT2D eigenvalue weighted by atomic mass is 16.5. The number of morpholine rings is 1. The fourth-order valence-electron chi connectivity index (χ4n) is 4.10. The highest BCUT2D eigenvalue weighted by Gasteiger charge is 2.31. The van der Waals surface area contributed by atoms with E-state index in [2.05, 4.69) is 15.1 Å². The van der Waals surface area contributed by atoms with E-state index < -0.39 is 6.10 Å². The summed E-state index contributed by atoms with van der Waals surface area (Å²) in [6.45, 7) is 5.31. The molecule has 3 heterocycles. The number of nitrogens with one attached hydrogen (secondary N) is 1. The molecule has 1 N–H and O–H groups in total. The number of aromatic nitrogens is 3. The van der Waals surface area contributed by atoms with Gasteiger partial charge in [0.15, 0.2) is 6.10 Å². The third-order valence-corrected chi connectivity index (χ3v) is 5.97. The van der Waals surface area contributed by atoms with E-state index in [-0.39, 0.29) is 5.91 Å². The molecule has 1 amide bonds. The van der Waals surface area contributed by atoms with Crippen LogP contribution in [0.4, 0.5) is 0 Å². The van der Waals surface area contributed by atoms with E-state index in [0.717, 1.165) is 33.5 Å². The molecule has 0 saturated carbocycles. The predicted octanol–water partition coefficient (Wildman–Crippen LogP) is 4.06. The monoisotopic (exact) mass is 432 g/mol. The Hall–Kier alpha value is -3.65. The lowest BCUT2D eigenvalue weighted by molar-refractivity contribution is -0.0366. The number of ether oxygens (including phenoxy) is 2. The molecule has 1 aliphatic heterocycles. The van der Waals surface area contributed by atoms with E-state index in [9.17, 15) is 4.79 Å². The van der Waals surface area contributed by atoms with Crippen LogP contribution in [-0.2, 0) is 4.74 Å². The largest absolute Gasteiger partial charge is 0.497 e. The molecular weight excluding hydrogens is 408 g/mol. The van der Waals surface area contributed by atoms with Gasteiger partial charge in [0.25, 0.3) is 11.8 Å². The average molecular weight is 432 g/mol. The minimum Gasteiger partial charge on any atom is -0.497 e. The van der Waals surface area contributed by atoms with Crippen LogP contribution in [0.3, 0.4) is 0 Å². The van der Waals surface area contributed by atoms with Crippen molar-refractivity contribution in [1.29, 1.82) is 0 Å². The quantitative estimate of drug-likeness (QED) is 0.523. The van der Waals surface area contributed by atoms with E-state index in [0.29, 0.717) is 37.0 Å². The lowest BCUT2D eigenvalue weighted by atomic mass is 10.0. The van der Waals surface area contributed by atoms with E-state index in [1.165, 1.54) is 0 Å². The van der Waals surface area contributed by atoms with Crippen molar-refractivity contribution in [3.8, 4) is 17.1 Å². The SMILES string of the molecule is COc1ccc(-c2noc(C3CN(C(=O)c4cccc5[nH]c(C)c(C)c45)CCO3)n2)cc1. The summed E-state index contributed by atoms with van der Waals surface area (Å²) in [5, 5.41) is 5.06. The molecule has 1 unspecified atom stereocenters. The van der Waals surface area contributed by atoms with Crippen LogP contribution in [0.2, 0.25) is 0 Å². The molecule has 4 aromatic rings. The third-order valence-electron chi connectivity index (χ3n) is 5.97. The lowest BCUT2D eigenvalue weighted by Crippen LogP contribution is -2.42. The first-order valence-corrected chi connectivity index (χ1v) is 10.5. The summed E-state index contributed by atoms with van der Waals surface area (Å²) in [4.78, 5) is 23.1. The number of amides is 1. The molecule has 1 fully saturated rings. The number of methoxy groups -OCH3 is 1. The number of carbonyl (C=O) groups is 1. The standard InChI is InChI=1S/C24H24N4O4/c1-14-15(2)25-19-6-4-5-18(21(14)19)24(29)28-11-12-31-20(13-28)23-26-22(27-32-23)16-7-9-17(30-3)10-8-16/h4-10,20,25H,11-13H2,1-3H3. The number of fused-ring (bicyclic) bond motifs is 1. The Labute approximate surface area is 185 Å². The molecule has 5 rings (SSSR count). The molecule has 164 valence electrons. The van der Waals surface area contributed by atoms with Crippen molar-refractivity contribution >= 4 is 16.8 Å². The number of hydrogen-bond acceptors (Lipinski definition) is 6. The summed E-state index contributed by atoms with van der Waals surface area (Å²) in [5.41, 5.74) is 4.63.